The van der Waals surface area contributed by atoms with Crippen LogP contribution < -0.4 is 4.72 Å². The van der Waals surface area contributed by atoms with Crippen molar-refractivity contribution in [2.75, 3.05) is 4.72 Å². The van der Waals surface area contributed by atoms with Crippen molar-refractivity contribution >= 4 is 15.7 Å². The quantitative estimate of drug-likeness (QED) is 0.875. The summed E-state index contributed by atoms with van der Waals surface area (Å²) in [6, 6.07) is 4.19. The number of sulfonamides is 1. The molecule has 1 aromatic heterocycles. The summed E-state index contributed by atoms with van der Waals surface area (Å²) in [6.45, 7) is 1.75. The molecule has 2 N–H and O–H groups in total. The first-order chi connectivity index (χ1) is 7.99. The number of benzene rings is 1. The van der Waals surface area contributed by atoms with Crippen molar-refractivity contribution in [1.82, 2.24) is 10.2 Å². The molecule has 7 heteroatoms. The SMILES string of the molecule is Cc1ccc(F)c(NS(=O)(=O)c2cn[nH]c2)c1. The van der Waals surface area contributed by atoms with Crippen LogP contribution in [0.3, 0.4) is 0 Å². The van der Waals surface area contributed by atoms with Crippen LogP contribution in [0.25, 0.3) is 0 Å². The molecule has 90 valence electrons. The Bertz CT molecular complexity index is 623. The molecule has 0 radical (unpaired) electrons. The Morgan fingerprint density at radius 3 is 2.82 bits per heavy atom. The number of hydrogen-bond acceptors (Lipinski definition) is 3. The summed E-state index contributed by atoms with van der Waals surface area (Å²) >= 11 is 0. The molecule has 1 heterocycles. The Balaban J connectivity index is 2.36. The number of halogens is 1. The highest BCUT2D eigenvalue weighted by molar-refractivity contribution is 7.92. The van der Waals surface area contributed by atoms with E-state index in [9.17, 15) is 12.8 Å². The second-order valence-corrected chi connectivity index (χ2v) is 5.21. The zero-order valence-electron chi connectivity index (χ0n) is 8.94. The molecule has 0 aliphatic rings. The van der Waals surface area contributed by atoms with Gasteiger partial charge in [0.1, 0.15) is 10.7 Å². The van der Waals surface area contributed by atoms with Gasteiger partial charge in [0.2, 0.25) is 0 Å². The molecule has 2 aromatic rings. The van der Waals surface area contributed by atoms with E-state index in [1.807, 2.05) is 0 Å². The van der Waals surface area contributed by atoms with Gasteiger partial charge in [-0.3, -0.25) is 9.82 Å². The molecule has 17 heavy (non-hydrogen) atoms. The van der Waals surface area contributed by atoms with Gasteiger partial charge in [-0.05, 0) is 24.6 Å². The van der Waals surface area contributed by atoms with E-state index in [1.165, 1.54) is 18.3 Å². The summed E-state index contributed by atoms with van der Waals surface area (Å²) in [5.74, 6) is -0.623. The Labute approximate surface area is 97.7 Å². The summed E-state index contributed by atoms with van der Waals surface area (Å²) in [4.78, 5) is -0.0431. The zero-order valence-corrected chi connectivity index (χ0v) is 9.75. The maximum Gasteiger partial charge on any atom is 0.265 e. The van der Waals surface area contributed by atoms with Crippen molar-refractivity contribution in [2.45, 2.75) is 11.8 Å². The van der Waals surface area contributed by atoms with Gasteiger partial charge in [0.15, 0.2) is 0 Å². The molecule has 2 rings (SSSR count). The van der Waals surface area contributed by atoms with Crippen LogP contribution in [-0.4, -0.2) is 18.6 Å². The predicted octanol–water partition coefficient (Wildman–Crippen LogP) is 1.66. The van der Waals surface area contributed by atoms with E-state index in [1.54, 1.807) is 13.0 Å². The van der Waals surface area contributed by atoms with E-state index in [0.717, 1.165) is 11.8 Å². The fourth-order valence-corrected chi connectivity index (χ4v) is 2.27. The van der Waals surface area contributed by atoms with E-state index >= 15 is 0 Å². The zero-order chi connectivity index (χ0) is 12.5. The molecule has 0 aliphatic carbocycles. The number of rotatable bonds is 3. The van der Waals surface area contributed by atoms with Crippen LogP contribution in [0.2, 0.25) is 0 Å². The third kappa shape index (κ3) is 2.44. The fraction of sp³-hybridized carbons (Fsp3) is 0.100. The summed E-state index contributed by atoms with van der Waals surface area (Å²) < 4.78 is 39.1. The summed E-state index contributed by atoms with van der Waals surface area (Å²) in [5.41, 5.74) is 0.683. The van der Waals surface area contributed by atoms with E-state index in [0.29, 0.717) is 0 Å². The van der Waals surface area contributed by atoms with Crippen LogP contribution in [0.15, 0.2) is 35.5 Å². The molecule has 0 fully saturated rings. The lowest BCUT2D eigenvalue weighted by Gasteiger charge is -2.07. The minimum absolute atomic E-state index is 0.0431. The average Bonchev–Trinajstić information content (AvgIpc) is 2.77. The van der Waals surface area contributed by atoms with Crippen molar-refractivity contribution in [3.8, 4) is 0 Å². The van der Waals surface area contributed by atoms with Crippen LogP contribution in [-0.2, 0) is 10.0 Å². The molecular weight excluding hydrogens is 245 g/mol. The van der Waals surface area contributed by atoms with Gasteiger partial charge >= 0.3 is 0 Å². The van der Waals surface area contributed by atoms with E-state index in [-0.39, 0.29) is 10.6 Å². The minimum Gasteiger partial charge on any atom is -0.284 e. The number of nitrogens with zero attached hydrogens (tertiary/aromatic N) is 1. The monoisotopic (exact) mass is 255 g/mol. The first-order valence-corrected chi connectivity index (χ1v) is 6.25. The smallest absolute Gasteiger partial charge is 0.265 e. The molecular formula is C10H10FN3O2S. The Kier molecular flexibility index (Phi) is 2.84. The van der Waals surface area contributed by atoms with Crippen LogP contribution in [0.4, 0.5) is 10.1 Å². The lowest BCUT2D eigenvalue weighted by Crippen LogP contribution is -2.13. The Morgan fingerprint density at radius 2 is 2.18 bits per heavy atom. The van der Waals surface area contributed by atoms with E-state index in [4.69, 9.17) is 0 Å². The van der Waals surface area contributed by atoms with Gasteiger partial charge in [-0.1, -0.05) is 6.07 Å². The van der Waals surface area contributed by atoms with Crippen LogP contribution in [0, 0.1) is 12.7 Å². The maximum atomic E-state index is 13.4. The summed E-state index contributed by atoms with van der Waals surface area (Å²) in [6.07, 6.45) is 2.37. The highest BCUT2D eigenvalue weighted by Crippen LogP contribution is 2.19. The largest absolute Gasteiger partial charge is 0.284 e. The molecule has 0 bridgehead atoms. The lowest BCUT2D eigenvalue weighted by molar-refractivity contribution is 0.598. The lowest BCUT2D eigenvalue weighted by atomic mass is 10.2. The predicted molar refractivity (Wildman–Crippen MR) is 60.5 cm³/mol. The second kappa shape index (κ2) is 4.17. The van der Waals surface area contributed by atoms with Gasteiger partial charge < -0.3 is 0 Å². The van der Waals surface area contributed by atoms with E-state index in [2.05, 4.69) is 14.9 Å². The maximum absolute atomic E-state index is 13.4. The van der Waals surface area contributed by atoms with Crippen molar-refractivity contribution < 1.29 is 12.8 Å². The highest BCUT2D eigenvalue weighted by atomic mass is 32.2. The molecule has 0 aliphatic heterocycles. The first kappa shape index (κ1) is 11.6. The average molecular weight is 255 g/mol. The Morgan fingerprint density at radius 1 is 1.41 bits per heavy atom. The van der Waals surface area contributed by atoms with E-state index < -0.39 is 15.8 Å². The molecule has 0 atom stereocenters. The Hall–Kier alpha value is -1.89. The van der Waals surface area contributed by atoms with Gasteiger partial charge in [-0.25, -0.2) is 12.8 Å². The number of aryl methyl sites for hydroxylation is 1. The number of anilines is 1. The van der Waals surface area contributed by atoms with Crippen molar-refractivity contribution in [1.29, 1.82) is 0 Å². The third-order valence-corrected chi connectivity index (χ3v) is 3.48. The molecule has 1 aromatic carbocycles. The van der Waals surface area contributed by atoms with Gasteiger partial charge in [0.25, 0.3) is 10.0 Å². The van der Waals surface area contributed by atoms with Crippen LogP contribution in [0.1, 0.15) is 5.56 Å². The summed E-state index contributed by atoms with van der Waals surface area (Å²) in [7, 11) is -3.79. The molecule has 0 amide bonds. The standard InChI is InChI=1S/C10H10FN3O2S/c1-7-2-3-9(11)10(4-7)14-17(15,16)8-5-12-13-6-8/h2-6,14H,1H3,(H,12,13). The van der Waals surface area contributed by atoms with Crippen LogP contribution >= 0.6 is 0 Å². The molecule has 0 saturated heterocycles. The first-order valence-electron chi connectivity index (χ1n) is 4.77. The number of H-pyrrole nitrogens is 1. The second-order valence-electron chi connectivity index (χ2n) is 3.52. The van der Waals surface area contributed by atoms with Gasteiger partial charge in [0.05, 0.1) is 11.9 Å². The molecule has 5 nitrogen and oxygen atoms in total. The number of aromatic amines is 1. The normalized spacial score (nSPS) is 11.4. The third-order valence-electron chi connectivity index (χ3n) is 2.15. The van der Waals surface area contributed by atoms with Gasteiger partial charge in [-0.15, -0.1) is 0 Å². The van der Waals surface area contributed by atoms with Crippen molar-refractivity contribution in [3.05, 3.63) is 42.0 Å². The van der Waals surface area contributed by atoms with Crippen LogP contribution in [0.5, 0.6) is 0 Å². The van der Waals surface area contributed by atoms with Crippen molar-refractivity contribution in [2.24, 2.45) is 0 Å². The molecule has 0 spiro atoms. The number of aromatic nitrogens is 2. The fourth-order valence-electron chi connectivity index (χ4n) is 1.31. The minimum atomic E-state index is -3.79. The molecule has 0 saturated carbocycles. The van der Waals surface area contributed by atoms with Crippen molar-refractivity contribution in [3.63, 3.8) is 0 Å². The summed E-state index contributed by atoms with van der Waals surface area (Å²) in [5, 5.41) is 5.92. The topological polar surface area (TPSA) is 74.8 Å². The highest BCUT2D eigenvalue weighted by Gasteiger charge is 2.17. The molecule has 0 unspecified atom stereocenters. The number of hydrogen-bond donors (Lipinski definition) is 2. The van der Waals surface area contributed by atoms with Gasteiger partial charge in [-0.2, -0.15) is 5.10 Å². The van der Waals surface area contributed by atoms with Gasteiger partial charge in [0, 0.05) is 6.20 Å². The number of nitrogens with one attached hydrogen (secondary N) is 2.